The number of carbonyl (C=O) groups is 3. The molecule has 6 aromatic carbocycles. The molecule has 0 aliphatic carbocycles. The van der Waals surface area contributed by atoms with Crippen molar-refractivity contribution in [1.82, 2.24) is 0 Å². The van der Waals surface area contributed by atoms with Crippen molar-refractivity contribution in [3.05, 3.63) is 106 Å². The fourth-order valence-electron chi connectivity index (χ4n) is 8.21. The summed E-state index contributed by atoms with van der Waals surface area (Å²) in [6, 6.07) is 8.86. The van der Waals surface area contributed by atoms with Gasteiger partial charge in [0, 0.05) is 41.0 Å². The molecule has 75 heavy (non-hydrogen) atoms. The van der Waals surface area contributed by atoms with Crippen molar-refractivity contribution >= 4 is 17.9 Å². The molecular weight excluding hydrogens is 1010 g/mol. The van der Waals surface area contributed by atoms with E-state index in [0.717, 1.165) is 36.4 Å². The minimum Gasteiger partial charge on any atom is -0.508 e. The second-order valence-electron chi connectivity index (χ2n) is 16.7. The van der Waals surface area contributed by atoms with Crippen LogP contribution >= 0.6 is 0 Å². The molecule has 0 amide bonds. The highest BCUT2D eigenvalue weighted by Gasteiger charge is 2.51. The predicted molar refractivity (Wildman–Crippen MR) is 240 cm³/mol. The van der Waals surface area contributed by atoms with Crippen LogP contribution in [0.1, 0.15) is 59.8 Å². The predicted octanol–water partition coefficient (Wildman–Crippen LogP) is 2.38. The van der Waals surface area contributed by atoms with Crippen LogP contribution in [-0.2, 0) is 18.9 Å². The zero-order chi connectivity index (χ0) is 54.6. The molecule has 8 atom stereocenters. The van der Waals surface area contributed by atoms with Gasteiger partial charge in [0.1, 0.15) is 59.4 Å². The minimum absolute atomic E-state index is 0.364. The number of hydrogen-bond donors (Lipinski definition) is 18. The van der Waals surface area contributed by atoms with Gasteiger partial charge in [-0.2, -0.15) is 0 Å². The third-order valence-electron chi connectivity index (χ3n) is 11.8. The maximum atomic E-state index is 13.9. The van der Waals surface area contributed by atoms with E-state index >= 15 is 0 Å². The molecule has 1 saturated heterocycles. The van der Waals surface area contributed by atoms with Gasteiger partial charge < -0.3 is 120 Å². The zero-order valence-corrected chi connectivity index (χ0v) is 37.5. The summed E-state index contributed by atoms with van der Waals surface area (Å²) in [7, 11) is 0. The van der Waals surface area contributed by atoms with Gasteiger partial charge in [-0.05, 0) is 48.5 Å². The van der Waals surface area contributed by atoms with Crippen LogP contribution in [0.4, 0.5) is 0 Å². The first kappa shape index (κ1) is 51.4. The number of hydrogen-bond acceptors (Lipinski definition) is 27. The SMILES string of the molecule is O=C(OCC1O[C@@H](Oc2cc(O)c3c(c2)O[C@H](c2cc(O)c(O)c(O)c2)[C@@H](OC(=O)c2cc(O)c(O)c(O)c2)[C@@H]3c2c(O)cc(O)cc2O)C(OC(=O)c2cc(O)c(O)c(O)c2)[C@@H](O)[C@@H]1O)c1cc(O)c(O)c(O)c1. The maximum absolute atomic E-state index is 13.9. The lowest BCUT2D eigenvalue weighted by atomic mass is 9.78. The molecule has 2 unspecified atom stereocenters. The van der Waals surface area contributed by atoms with Gasteiger partial charge in [-0.25, -0.2) is 14.4 Å². The Morgan fingerprint density at radius 3 is 1.33 bits per heavy atom. The second-order valence-corrected chi connectivity index (χ2v) is 16.7. The van der Waals surface area contributed by atoms with Crippen LogP contribution in [0.15, 0.2) is 72.8 Å². The van der Waals surface area contributed by atoms with Crippen molar-refractivity contribution in [1.29, 1.82) is 0 Å². The van der Waals surface area contributed by atoms with Crippen molar-refractivity contribution in [2.24, 2.45) is 0 Å². The Hall–Kier alpha value is -9.99. The first-order valence-electron chi connectivity index (χ1n) is 21.4. The Kier molecular flexibility index (Phi) is 13.4. The molecule has 6 aromatic rings. The van der Waals surface area contributed by atoms with E-state index in [2.05, 4.69) is 0 Å². The molecule has 27 nitrogen and oxygen atoms in total. The van der Waals surface area contributed by atoms with Gasteiger partial charge in [0.25, 0.3) is 0 Å². The third kappa shape index (κ3) is 9.73. The van der Waals surface area contributed by atoms with E-state index in [9.17, 15) is 106 Å². The van der Waals surface area contributed by atoms with Crippen molar-refractivity contribution in [3.63, 3.8) is 0 Å². The van der Waals surface area contributed by atoms with Gasteiger partial charge in [-0.1, -0.05) is 0 Å². The number of phenols is 16. The Balaban J connectivity index is 1.23. The average molecular weight is 1050 g/mol. The summed E-state index contributed by atoms with van der Waals surface area (Å²) >= 11 is 0. The summed E-state index contributed by atoms with van der Waals surface area (Å²) in [4.78, 5) is 40.4. The lowest BCUT2D eigenvalue weighted by Gasteiger charge is -2.42. The van der Waals surface area contributed by atoms with E-state index in [1.807, 2.05) is 0 Å². The van der Waals surface area contributed by atoms with Crippen molar-refractivity contribution < 1.29 is 135 Å². The number of aromatic hydroxyl groups is 16. The highest BCUT2D eigenvalue weighted by molar-refractivity contribution is 5.92. The number of rotatable bonds is 11. The summed E-state index contributed by atoms with van der Waals surface area (Å²) in [5.74, 6) is -22.7. The van der Waals surface area contributed by atoms with Gasteiger partial charge in [-0.3, -0.25) is 0 Å². The highest BCUT2D eigenvalue weighted by atomic mass is 16.7. The Morgan fingerprint density at radius 2 is 0.867 bits per heavy atom. The summed E-state index contributed by atoms with van der Waals surface area (Å²) < 4.78 is 34.5. The quantitative estimate of drug-likeness (QED) is 0.0503. The molecule has 0 aromatic heterocycles. The van der Waals surface area contributed by atoms with Crippen LogP contribution in [0.5, 0.6) is 103 Å². The standard InChI is InChI=1S/C48H40O27/c49-18-9-20(50)33(21(51)10-18)35-34-22(52)11-19(12-31(34)72-42(14-1-23(53)36(61)24(54)2-14)43(35)74-46(68)16-5-27(57)38(63)28(58)6-16)71-48-44(75-47(69)17-7-29(59)39(64)30(60)8-17)41(66)40(65)32(73-48)13-70-45(67)15-3-25(55)37(62)26(56)4-15/h1-12,32,35,40-44,48-66H,13H2/t32?,35-,40-,41+,42-,43+,44?,48-/m1/s1. The Bertz CT molecular complexity index is 3160. The summed E-state index contributed by atoms with van der Waals surface area (Å²) in [5, 5.41) is 189. The lowest BCUT2D eigenvalue weighted by Crippen LogP contribution is -2.61. The van der Waals surface area contributed by atoms with Crippen LogP contribution in [0, 0.1) is 0 Å². The van der Waals surface area contributed by atoms with Crippen LogP contribution < -0.4 is 9.47 Å². The van der Waals surface area contributed by atoms with Crippen molar-refractivity contribution in [2.75, 3.05) is 6.61 Å². The first-order valence-corrected chi connectivity index (χ1v) is 21.4. The molecular formula is C48H40O27. The van der Waals surface area contributed by atoms with E-state index in [-0.39, 0.29) is 5.56 Å². The zero-order valence-electron chi connectivity index (χ0n) is 37.5. The number of fused-ring (bicyclic) bond motifs is 1. The molecule has 1 fully saturated rings. The summed E-state index contributed by atoms with van der Waals surface area (Å²) in [5.41, 5.74) is -3.31. The average Bonchev–Trinajstić information content (AvgIpc) is 3.34. The van der Waals surface area contributed by atoms with Crippen LogP contribution in [0.25, 0.3) is 0 Å². The van der Waals surface area contributed by atoms with E-state index in [4.69, 9.17) is 28.4 Å². The molecule has 2 heterocycles. The van der Waals surface area contributed by atoms with Gasteiger partial charge in [0.2, 0.25) is 6.29 Å². The second kappa shape index (κ2) is 19.6. The maximum Gasteiger partial charge on any atom is 0.339 e. The number of esters is 3. The molecule has 0 bridgehead atoms. The van der Waals surface area contributed by atoms with E-state index in [0.29, 0.717) is 36.4 Å². The van der Waals surface area contributed by atoms with Crippen molar-refractivity contribution in [3.8, 4) is 103 Å². The smallest absolute Gasteiger partial charge is 0.339 e. The van der Waals surface area contributed by atoms with Crippen LogP contribution in [-0.4, -0.2) is 153 Å². The van der Waals surface area contributed by atoms with Gasteiger partial charge >= 0.3 is 17.9 Å². The Morgan fingerprint density at radius 1 is 0.453 bits per heavy atom. The minimum atomic E-state index is -2.28. The number of carbonyl (C=O) groups excluding carboxylic acids is 3. The molecule has 2 aliphatic heterocycles. The summed E-state index contributed by atoms with van der Waals surface area (Å²) in [6.45, 7) is -0.989. The number of ether oxygens (including phenoxy) is 6. The highest BCUT2D eigenvalue weighted by Crippen LogP contribution is 2.56. The lowest BCUT2D eigenvalue weighted by molar-refractivity contribution is -0.276. The largest absolute Gasteiger partial charge is 0.508 e. The molecule has 0 saturated carbocycles. The molecule has 8 rings (SSSR count). The molecule has 27 heteroatoms. The van der Waals surface area contributed by atoms with Gasteiger partial charge in [0.05, 0.1) is 22.6 Å². The number of phenolic OH excluding ortho intramolecular Hbond substituents is 16. The molecule has 394 valence electrons. The van der Waals surface area contributed by atoms with E-state index in [1.54, 1.807) is 0 Å². The van der Waals surface area contributed by atoms with Crippen molar-refractivity contribution in [2.45, 2.75) is 48.8 Å². The summed E-state index contributed by atoms with van der Waals surface area (Å²) in [6.07, 6.45) is -14.6. The number of aliphatic hydroxyl groups excluding tert-OH is 2. The molecule has 2 aliphatic rings. The Labute approximate surface area is 417 Å². The topological polar surface area (TPSA) is 471 Å². The molecule has 0 spiro atoms. The fraction of sp³-hybridized carbons (Fsp3) is 0.188. The number of benzene rings is 6. The number of aliphatic hydroxyl groups is 2. The normalized spacial score (nSPS) is 21.0. The molecule has 0 radical (unpaired) electrons. The monoisotopic (exact) mass is 1050 g/mol. The first-order chi connectivity index (χ1) is 35.3. The van der Waals surface area contributed by atoms with E-state index in [1.165, 1.54) is 0 Å². The van der Waals surface area contributed by atoms with Crippen LogP contribution in [0.3, 0.4) is 0 Å². The van der Waals surface area contributed by atoms with E-state index < -0.39 is 205 Å². The van der Waals surface area contributed by atoms with Crippen LogP contribution in [0.2, 0.25) is 0 Å². The molecule has 18 N–H and O–H groups in total. The fourth-order valence-corrected chi connectivity index (χ4v) is 8.21. The van der Waals surface area contributed by atoms with Gasteiger partial charge in [0.15, 0.2) is 87.3 Å². The van der Waals surface area contributed by atoms with Gasteiger partial charge in [-0.15, -0.1) is 0 Å². The third-order valence-corrected chi connectivity index (χ3v) is 11.8.